The van der Waals surface area contributed by atoms with Crippen LogP contribution < -0.4 is 15.8 Å². The first-order valence-electron chi connectivity index (χ1n) is 12.3. The van der Waals surface area contributed by atoms with Crippen molar-refractivity contribution < 1.29 is 9.59 Å². The predicted octanol–water partition coefficient (Wildman–Crippen LogP) is 6.46. The highest BCUT2D eigenvalue weighted by atomic mass is 32.2. The summed E-state index contributed by atoms with van der Waals surface area (Å²) in [5.41, 5.74) is 8.03. The molecular formula is C31H32N4O2S. The second-order valence-electron chi connectivity index (χ2n) is 9.70. The Bertz CT molecular complexity index is 1420. The SMILES string of the molecule is CC(C)(C)NSc1cccc2c(NC(=O)CCc3ccc(C#N)cc3)cccc12.NC(=O)c1ccccc1. The largest absolute Gasteiger partial charge is 0.366 e. The average Bonchev–Trinajstić information content (AvgIpc) is 2.91. The summed E-state index contributed by atoms with van der Waals surface area (Å²) in [6, 6.07) is 30.3. The van der Waals surface area contributed by atoms with Gasteiger partial charge in [-0.15, -0.1) is 0 Å². The third-order valence-corrected chi connectivity index (χ3v) is 6.70. The molecule has 38 heavy (non-hydrogen) atoms. The van der Waals surface area contributed by atoms with E-state index in [0.29, 0.717) is 24.0 Å². The number of benzene rings is 4. The van der Waals surface area contributed by atoms with Crippen LogP contribution in [0.1, 0.15) is 48.7 Å². The standard InChI is InChI=1S/C24H25N3OS.C7H7NO/c1-24(2,3)27-29-22-9-5-6-19-20(22)7-4-8-21(19)26-23(28)15-14-17-10-12-18(16-25)13-11-17;8-7(9)6-4-2-1-3-5-6/h4-13,27H,14-15H2,1-3H3,(H,26,28);1-5H,(H2,8,9). The Labute approximate surface area is 228 Å². The molecule has 0 saturated carbocycles. The quantitative estimate of drug-likeness (QED) is 0.240. The van der Waals surface area contributed by atoms with E-state index in [1.54, 1.807) is 48.3 Å². The van der Waals surface area contributed by atoms with E-state index < -0.39 is 0 Å². The smallest absolute Gasteiger partial charge is 0.248 e. The lowest BCUT2D eigenvalue weighted by Gasteiger charge is -2.20. The van der Waals surface area contributed by atoms with Crippen LogP contribution in [-0.2, 0) is 11.2 Å². The topological polar surface area (TPSA) is 108 Å². The van der Waals surface area contributed by atoms with Gasteiger partial charge in [0.1, 0.15) is 0 Å². The van der Waals surface area contributed by atoms with Gasteiger partial charge in [-0.05, 0) is 86.5 Å². The lowest BCUT2D eigenvalue weighted by molar-refractivity contribution is -0.116. The summed E-state index contributed by atoms with van der Waals surface area (Å²) < 4.78 is 3.45. The molecule has 0 bridgehead atoms. The van der Waals surface area contributed by atoms with Gasteiger partial charge >= 0.3 is 0 Å². The van der Waals surface area contributed by atoms with Crippen LogP contribution in [0.4, 0.5) is 5.69 Å². The normalized spacial score (nSPS) is 10.7. The number of nitrogens with one attached hydrogen (secondary N) is 2. The van der Waals surface area contributed by atoms with Crippen molar-refractivity contribution in [3.8, 4) is 6.07 Å². The molecule has 0 radical (unpaired) electrons. The number of rotatable bonds is 7. The van der Waals surface area contributed by atoms with Crippen LogP contribution in [0.25, 0.3) is 10.8 Å². The maximum atomic E-state index is 12.5. The van der Waals surface area contributed by atoms with Gasteiger partial charge in [0.05, 0.1) is 11.6 Å². The Morgan fingerprint density at radius 2 is 1.53 bits per heavy atom. The monoisotopic (exact) mass is 524 g/mol. The molecule has 0 atom stereocenters. The van der Waals surface area contributed by atoms with Gasteiger partial charge in [-0.25, -0.2) is 0 Å². The van der Waals surface area contributed by atoms with Gasteiger partial charge < -0.3 is 11.1 Å². The number of carbonyl (C=O) groups is 2. The molecule has 0 unspecified atom stereocenters. The van der Waals surface area contributed by atoms with Gasteiger partial charge in [0.15, 0.2) is 0 Å². The number of nitrogens with two attached hydrogens (primary N) is 1. The number of carbonyl (C=O) groups excluding carboxylic acids is 2. The van der Waals surface area contributed by atoms with E-state index in [9.17, 15) is 9.59 Å². The van der Waals surface area contributed by atoms with Crippen molar-refractivity contribution in [2.45, 2.75) is 44.0 Å². The van der Waals surface area contributed by atoms with E-state index in [0.717, 1.165) is 26.9 Å². The fourth-order valence-electron chi connectivity index (χ4n) is 3.51. The van der Waals surface area contributed by atoms with E-state index in [-0.39, 0.29) is 17.4 Å². The third-order valence-electron chi connectivity index (χ3n) is 5.41. The Kier molecular flexibility index (Phi) is 10.1. The molecule has 0 spiro atoms. The molecule has 4 aromatic rings. The van der Waals surface area contributed by atoms with Crippen LogP contribution in [0, 0.1) is 11.3 Å². The van der Waals surface area contributed by atoms with E-state index in [2.05, 4.69) is 49.0 Å². The number of aryl methyl sites for hydroxylation is 1. The molecule has 4 rings (SSSR count). The first kappa shape index (κ1) is 28.5. The maximum absolute atomic E-state index is 12.5. The number of hydrogen-bond donors (Lipinski definition) is 3. The van der Waals surface area contributed by atoms with E-state index in [1.165, 1.54) is 0 Å². The lowest BCUT2D eigenvalue weighted by Crippen LogP contribution is -2.29. The van der Waals surface area contributed by atoms with Gasteiger partial charge in [-0.2, -0.15) is 5.26 Å². The molecule has 4 N–H and O–H groups in total. The Morgan fingerprint density at radius 3 is 2.13 bits per heavy atom. The fraction of sp³-hybridized carbons (Fsp3) is 0.194. The summed E-state index contributed by atoms with van der Waals surface area (Å²) in [4.78, 5) is 24.1. The first-order valence-corrected chi connectivity index (χ1v) is 13.1. The summed E-state index contributed by atoms with van der Waals surface area (Å²) >= 11 is 1.61. The van der Waals surface area contributed by atoms with Crippen molar-refractivity contribution in [3.05, 3.63) is 108 Å². The molecule has 0 fully saturated rings. The number of amides is 2. The number of nitriles is 1. The van der Waals surface area contributed by atoms with Crippen LogP contribution in [0.5, 0.6) is 0 Å². The van der Waals surface area contributed by atoms with Gasteiger partial charge in [0.25, 0.3) is 0 Å². The second-order valence-corrected chi connectivity index (χ2v) is 10.5. The molecule has 6 nitrogen and oxygen atoms in total. The molecule has 0 saturated heterocycles. The van der Waals surface area contributed by atoms with E-state index in [4.69, 9.17) is 11.0 Å². The van der Waals surface area contributed by atoms with Crippen LogP contribution in [0.15, 0.2) is 95.9 Å². The van der Waals surface area contributed by atoms with Crippen molar-refractivity contribution in [2.24, 2.45) is 5.73 Å². The number of fused-ring (bicyclic) bond motifs is 1. The number of hydrogen-bond acceptors (Lipinski definition) is 5. The Hall–Kier alpha value is -4.12. The predicted molar refractivity (Wildman–Crippen MR) is 156 cm³/mol. The minimum absolute atomic E-state index is 0.00407. The summed E-state index contributed by atoms with van der Waals surface area (Å²) in [5, 5.41) is 14.1. The van der Waals surface area contributed by atoms with Gasteiger partial charge in [-0.3, -0.25) is 14.3 Å². The molecule has 0 aromatic heterocycles. The van der Waals surface area contributed by atoms with Gasteiger partial charge in [0.2, 0.25) is 11.8 Å². The first-order chi connectivity index (χ1) is 18.2. The molecule has 4 aromatic carbocycles. The van der Waals surface area contributed by atoms with Crippen molar-refractivity contribution in [3.63, 3.8) is 0 Å². The van der Waals surface area contributed by atoms with Crippen molar-refractivity contribution in [1.29, 1.82) is 5.26 Å². The highest BCUT2D eigenvalue weighted by Crippen LogP contribution is 2.31. The Morgan fingerprint density at radius 1 is 0.868 bits per heavy atom. The number of primary amides is 1. The molecule has 0 heterocycles. The maximum Gasteiger partial charge on any atom is 0.248 e. The zero-order valence-corrected chi connectivity index (χ0v) is 22.6. The molecule has 7 heteroatoms. The zero-order chi connectivity index (χ0) is 27.5. The third kappa shape index (κ3) is 8.77. The molecular weight excluding hydrogens is 492 g/mol. The highest BCUT2D eigenvalue weighted by Gasteiger charge is 2.12. The zero-order valence-electron chi connectivity index (χ0n) is 21.8. The molecule has 0 aliphatic carbocycles. The van der Waals surface area contributed by atoms with Gasteiger partial charge in [0, 0.05) is 33.5 Å². The number of nitrogens with zero attached hydrogens (tertiary/aromatic N) is 1. The minimum Gasteiger partial charge on any atom is -0.366 e. The van der Waals surface area contributed by atoms with E-state index in [1.807, 2.05) is 42.5 Å². The lowest BCUT2D eigenvalue weighted by atomic mass is 10.1. The van der Waals surface area contributed by atoms with E-state index >= 15 is 0 Å². The summed E-state index contributed by atoms with van der Waals surface area (Å²) in [6.07, 6.45) is 1.03. The van der Waals surface area contributed by atoms with Crippen LogP contribution in [0.2, 0.25) is 0 Å². The Balaban J connectivity index is 0.000000375. The van der Waals surface area contributed by atoms with Crippen LogP contribution in [-0.4, -0.2) is 17.4 Å². The van der Waals surface area contributed by atoms with Crippen molar-refractivity contribution in [1.82, 2.24) is 4.72 Å². The average molecular weight is 525 g/mol. The minimum atomic E-state index is -0.379. The summed E-state index contributed by atoms with van der Waals surface area (Å²) in [5.74, 6) is -0.400. The van der Waals surface area contributed by atoms with Crippen LogP contribution in [0.3, 0.4) is 0 Å². The molecule has 194 valence electrons. The summed E-state index contributed by atoms with van der Waals surface area (Å²) in [6.45, 7) is 6.39. The fourth-order valence-corrected chi connectivity index (χ4v) is 4.36. The van der Waals surface area contributed by atoms with Crippen LogP contribution >= 0.6 is 11.9 Å². The molecule has 0 aliphatic heterocycles. The molecule has 0 aliphatic rings. The van der Waals surface area contributed by atoms with Gasteiger partial charge in [-0.1, -0.05) is 54.6 Å². The number of anilines is 1. The highest BCUT2D eigenvalue weighted by molar-refractivity contribution is 7.97. The second kappa shape index (κ2) is 13.4. The van der Waals surface area contributed by atoms with Crippen molar-refractivity contribution >= 4 is 40.2 Å². The summed E-state index contributed by atoms with van der Waals surface area (Å²) in [7, 11) is 0. The molecule has 2 amide bonds. The van der Waals surface area contributed by atoms with Crippen molar-refractivity contribution in [2.75, 3.05) is 5.32 Å².